The Morgan fingerprint density at radius 3 is 2.53 bits per heavy atom. The molecular weight excluding hydrogens is 481 g/mol. The zero-order chi connectivity index (χ0) is 26.0. The third-order valence-electron chi connectivity index (χ3n) is 5.66. The number of nitrogens with zero attached hydrogens (tertiary/aromatic N) is 3. The maximum atomic E-state index is 13.2. The molecule has 1 aromatic heterocycles. The van der Waals surface area contributed by atoms with Crippen molar-refractivity contribution in [2.45, 2.75) is 38.4 Å². The Balaban J connectivity index is 1.53. The lowest BCUT2D eigenvalue weighted by molar-refractivity contribution is -0.384. The van der Waals surface area contributed by atoms with Crippen LogP contribution in [-0.2, 0) is 17.5 Å². The van der Waals surface area contributed by atoms with E-state index in [-0.39, 0.29) is 29.6 Å². The van der Waals surface area contributed by atoms with Crippen LogP contribution in [0.15, 0.2) is 48.5 Å². The molecule has 1 atom stereocenters. The Hall–Kier alpha value is -4.09. The minimum absolute atomic E-state index is 0.00433. The Morgan fingerprint density at radius 2 is 1.92 bits per heavy atom. The molecule has 1 aliphatic carbocycles. The fourth-order valence-electron chi connectivity index (χ4n) is 3.68. The number of benzene rings is 2. The van der Waals surface area contributed by atoms with E-state index in [1.807, 2.05) is 0 Å². The standard InChI is InChI=1S/C24H23F3N4O5/c1-14(13-30-19(15-7-8-15)12-22(29-30)24(25,26)27)23(32)28-16-9-17(31(33)34)11-18(10-16)36-21-6-4-3-5-20(21)35-2/h3-6,9-12,14-15H,7-8,13H2,1-2H3,(H,28,32). The number of nitrogens with one attached hydrogen (secondary N) is 1. The van der Waals surface area contributed by atoms with E-state index >= 15 is 0 Å². The van der Waals surface area contributed by atoms with Crippen LogP contribution in [-0.4, -0.2) is 27.7 Å². The van der Waals surface area contributed by atoms with E-state index in [2.05, 4.69) is 10.4 Å². The van der Waals surface area contributed by atoms with Crippen LogP contribution in [0.3, 0.4) is 0 Å². The van der Waals surface area contributed by atoms with Crippen molar-refractivity contribution in [3.8, 4) is 17.2 Å². The highest BCUT2D eigenvalue weighted by atomic mass is 19.4. The van der Waals surface area contributed by atoms with Gasteiger partial charge in [-0.3, -0.25) is 19.6 Å². The molecule has 1 heterocycles. The van der Waals surface area contributed by atoms with Gasteiger partial charge >= 0.3 is 6.18 Å². The van der Waals surface area contributed by atoms with Crippen molar-refractivity contribution in [2.75, 3.05) is 12.4 Å². The number of alkyl halides is 3. The van der Waals surface area contributed by atoms with Gasteiger partial charge in [0.25, 0.3) is 5.69 Å². The second kappa shape index (κ2) is 9.88. The van der Waals surface area contributed by atoms with Crippen LogP contribution >= 0.6 is 0 Å². The van der Waals surface area contributed by atoms with Gasteiger partial charge in [0, 0.05) is 23.7 Å². The van der Waals surface area contributed by atoms with Crippen molar-refractivity contribution in [1.29, 1.82) is 0 Å². The molecule has 1 aliphatic rings. The average Bonchev–Trinajstić information content (AvgIpc) is 3.57. The van der Waals surface area contributed by atoms with Gasteiger partial charge in [-0.1, -0.05) is 19.1 Å². The summed E-state index contributed by atoms with van der Waals surface area (Å²) in [5.74, 6) is -0.499. The molecule has 0 radical (unpaired) electrons. The van der Waals surface area contributed by atoms with Gasteiger partial charge in [0.05, 0.1) is 36.2 Å². The van der Waals surface area contributed by atoms with Crippen LogP contribution in [0.1, 0.15) is 37.1 Å². The third kappa shape index (κ3) is 5.75. The number of non-ortho nitro benzene ring substituents is 1. The quantitative estimate of drug-likeness (QED) is 0.293. The molecule has 0 aliphatic heterocycles. The monoisotopic (exact) mass is 504 g/mol. The summed E-state index contributed by atoms with van der Waals surface area (Å²) in [6.07, 6.45) is -3.04. The molecule has 1 N–H and O–H groups in total. The molecule has 2 aromatic carbocycles. The van der Waals surface area contributed by atoms with Crippen molar-refractivity contribution >= 4 is 17.3 Å². The van der Waals surface area contributed by atoms with Crippen LogP contribution < -0.4 is 14.8 Å². The van der Waals surface area contributed by atoms with Crippen LogP contribution in [0.5, 0.6) is 17.2 Å². The Labute approximate surface area is 204 Å². The van der Waals surface area contributed by atoms with Gasteiger partial charge in [0.1, 0.15) is 5.75 Å². The van der Waals surface area contributed by atoms with Gasteiger partial charge in [-0.2, -0.15) is 18.3 Å². The second-order valence-electron chi connectivity index (χ2n) is 8.52. The third-order valence-corrected chi connectivity index (χ3v) is 5.66. The van der Waals surface area contributed by atoms with Gasteiger partial charge in [-0.05, 0) is 31.0 Å². The van der Waals surface area contributed by atoms with Gasteiger partial charge in [-0.15, -0.1) is 0 Å². The van der Waals surface area contributed by atoms with Crippen molar-refractivity contribution < 1.29 is 32.4 Å². The van der Waals surface area contributed by atoms with Gasteiger partial charge in [-0.25, -0.2) is 0 Å². The first-order valence-electron chi connectivity index (χ1n) is 11.1. The lowest BCUT2D eigenvalue weighted by Crippen LogP contribution is -2.25. The summed E-state index contributed by atoms with van der Waals surface area (Å²) in [5, 5.41) is 17.7. The van der Waals surface area contributed by atoms with Crippen molar-refractivity contribution in [3.05, 3.63) is 70.0 Å². The molecule has 9 nitrogen and oxygen atoms in total. The summed E-state index contributed by atoms with van der Waals surface area (Å²) in [4.78, 5) is 23.7. The molecule has 190 valence electrons. The lowest BCUT2D eigenvalue weighted by Gasteiger charge is -2.15. The minimum Gasteiger partial charge on any atom is -0.493 e. The molecule has 36 heavy (non-hydrogen) atoms. The van der Waals surface area contributed by atoms with Gasteiger partial charge in [0.15, 0.2) is 17.2 Å². The van der Waals surface area contributed by atoms with E-state index < -0.39 is 28.6 Å². The van der Waals surface area contributed by atoms with Crippen molar-refractivity contribution in [3.63, 3.8) is 0 Å². The van der Waals surface area contributed by atoms with E-state index in [0.29, 0.717) is 17.2 Å². The highest BCUT2D eigenvalue weighted by Gasteiger charge is 2.38. The van der Waals surface area contributed by atoms with Crippen molar-refractivity contribution in [2.24, 2.45) is 5.92 Å². The normalized spacial score (nSPS) is 14.2. The first-order valence-corrected chi connectivity index (χ1v) is 11.1. The summed E-state index contributed by atoms with van der Waals surface area (Å²) >= 11 is 0. The summed E-state index contributed by atoms with van der Waals surface area (Å²) in [5.41, 5.74) is -0.758. The summed E-state index contributed by atoms with van der Waals surface area (Å²) in [7, 11) is 1.45. The largest absolute Gasteiger partial charge is 0.493 e. The molecule has 0 spiro atoms. The minimum atomic E-state index is -4.58. The van der Waals surface area contributed by atoms with E-state index in [1.165, 1.54) is 30.0 Å². The molecule has 12 heteroatoms. The molecule has 4 rings (SSSR count). The fourth-order valence-corrected chi connectivity index (χ4v) is 3.68. The Kier molecular flexibility index (Phi) is 6.86. The lowest BCUT2D eigenvalue weighted by atomic mass is 10.1. The predicted octanol–water partition coefficient (Wildman–Crippen LogP) is 5.76. The molecule has 1 unspecified atom stereocenters. The molecular formula is C24H23F3N4O5. The number of methoxy groups -OCH3 is 1. The van der Waals surface area contributed by atoms with E-state index in [4.69, 9.17) is 9.47 Å². The molecule has 0 saturated heterocycles. The highest BCUT2D eigenvalue weighted by Crippen LogP contribution is 2.42. The molecule has 1 fully saturated rings. The van der Waals surface area contributed by atoms with Crippen LogP contribution in [0.4, 0.5) is 24.5 Å². The Bertz CT molecular complexity index is 1290. The number of carbonyl (C=O) groups excluding carboxylic acids is 1. The molecule has 0 bridgehead atoms. The number of ether oxygens (including phenoxy) is 2. The van der Waals surface area contributed by atoms with Crippen LogP contribution in [0, 0.1) is 16.0 Å². The number of carbonyl (C=O) groups is 1. The van der Waals surface area contributed by atoms with E-state index in [1.54, 1.807) is 31.2 Å². The molecule has 1 amide bonds. The first-order chi connectivity index (χ1) is 17.0. The van der Waals surface area contributed by atoms with Gasteiger partial charge < -0.3 is 14.8 Å². The van der Waals surface area contributed by atoms with E-state index in [9.17, 15) is 28.1 Å². The summed E-state index contributed by atoms with van der Waals surface area (Å²) in [6, 6.07) is 11.5. The summed E-state index contributed by atoms with van der Waals surface area (Å²) in [6.45, 7) is 1.47. The number of nitro groups is 1. The average molecular weight is 504 g/mol. The number of nitro benzene ring substituents is 1. The van der Waals surface area contributed by atoms with Crippen molar-refractivity contribution in [1.82, 2.24) is 9.78 Å². The SMILES string of the molecule is COc1ccccc1Oc1cc(NC(=O)C(C)Cn2nc(C(F)(F)F)cc2C2CC2)cc([N+](=O)[O-])c1. The maximum absolute atomic E-state index is 13.2. The van der Waals surface area contributed by atoms with Crippen LogP contribution in [0.25, 0.3) is 0 Å². The number of hydrogen-bond donors (Lipinski definition) is 1. The number of anilines is 1. The number of aromatic nitrogens is 2. The summed E-state index contributed by atoms with van der Waals surface area (Å²) < 4.78 is 51.7. The number of hydrogen-bond acceptors (Lipinski definition) is 6. The zero-order valence-corrected chi connectivity index (χ0v) is 19.4. The zero-order valence-electron chi connectivity index (χ0n) is 19.4. The van der Waals surface area contributed by atoms with Crippen LogP contribution in [0.2, 0.25) is 0 Å². The molecule has 1 saturated carbocycles. The molecule has 3 aromatic rings. The number of rotatable bonds is 9. The maximum Gasteiger partial charge on any atom is 0.435 e. The second-order valence-corrected chi connectivity index (χ2v) is 8.52. The number of amides is 1. The van der Waals surface area contributed by atoms with E-state index in [0.717, 1.165) is 18.9 Å². The van der Waals surface area contributed by atoms with Gasteiger partial charge in [0.2, 0.25) is 5.91 Å². The smallest absolute Gasteiger partial charge is 0.435 e. The Morgan fingerprint density at radius 1 is 1.22 bits per heavy atom. The first kappa shape index (κ1) is 25.0. The fraction of sp³-hybridized carbons (Fsp3) is 0.333. The number of para-hydroxylation sites is 2. The number of halogens is 3. The highest BCUT2D eigenvalue weighted by molar-refractivity contribution is 5.92. The topological polar surface area (TPSA) is 109 Å². The predicted molar refractivity (Wildman–Crippen MR) is 123 cm³/mol.